The van der Waals surface area contributed by atoms with Gasteiger partial charge in [-0.2, -0.15) is 13.9 Å². The van der Waals surface area contributed by atoms with Gasteiger partial charge in [-0.1, -0.05) is 13.8 Å². The summed E-state index contributed by atoms with van der Waals surface area (Å²) >= 11 is 0. The Bertz CT molecular complexity index is 98.4. The molecule has 1 unspecified atom stereocenters. The lowest BCUT2D eigenvalue weighted by Gasteiger charge is -2.21. The molecule has 0 aromatic rings. The summed E-state index contributed by atoms with van der Waals surface area (Å²) in [5.41, 5.74) is 0. The van der Waals surface area contributed by atoms with E-state index in [2.05, 4.69) is 4.74 Å². The third kappa shape index (κ3) is 2.58. The molecule has 0 aliphatic heterocycles. The molecule has 61 valence electrons. The number of alkyl halides is 2. The lowest BCUT2D eigenvalue weighted by Crippen LogP contribution is -2.37. The summed E-state index contributed by atoms with van der Waals surface area (Å²) in [6.45, 7) is 3.03. The molecule has 0 rings (SSSR count). The Balaban J connectivity index is 4.07. The number of ether oxygens (including phenoxy) is 1. The average molecular weight is 153 g/mol. The molecule has 0 aromatic heterocycles. The van der Waals surface area contributed by atoms with Crippen LogP contribution in [0.2, 0.25) is 0 Å². The first-order valence-electron chi connectivity index (χ1n) is 3.00. The summed E-state index contributed by atoms with van der Waals surface area (Å²) < 4.78 is 28.2. The summed E-state index contributed by atoms with van der Waals surface area (Å²) in [7, 11) is 1.11. The number of hydrogen-bond donors (Lipinski definition) is 0. The summed E-state index contributed by atoms with van der Waals surface area (Å²) in [6.07, 6.45) is -5.50. The van der Waals surface area contributed by atoms with E-state index in [1.807, 2.05) is 0 Å². The van der Waals surface area contributed by atoms with Crippen molar-refractivity contribution in [3.63, 3.8) is 0 Å². The zero-order valence-electron chi connectivity index (χ0n) is 6.23. The third-order valence-corrected chi connectivity index (χ3v) is 1.19. The van der Waals surface area contributed by atoms with Crippen LogP contribution in [0.5, 0.6) is 0 Å². The van der Waals surface area contributed by atoms with Crippen LogP contribution in [0.3, 0.4) is 0 Å². The highest BCUT2D eigenvalue weighted by Gasteiger charge is 2.41. The Morgan fingerprint density at radius 1 is 1.40 bits per heavy atom. The topological polar surface area (TPSA) is 29.1 Å². The van der Waals surface area contributed by atoms with Gasteiger partial charge in [-0.25, -0.2) is 0 Å². The Morgan fingerprint density at radius 3 is 1.80 bits per heavy atom. The fraction of sp³-hybridized carbons (Fsp3) is 1.00. The Morgan fingerprint density at radius 2 is 1.80 bits per heavy atom. The van der Waals surface area contributed by atoms with Gasteiger partial charge in [-0.3, -0.25) is 0 Å². The highest BCUT2D eigenvalue weighted by molar-refractivity contribution is 4.69. The summed E-state index contributed by atoms with van der Waals surface area (Å²) in [5.74, 6) is -0.461. The molecule has 0 spiro atoms. The first-order valence-corrected chi connectivity index (χ1v) is 3.00. The Labute approximate surface area is 58.8 Å². The van der Waals surface area contributed by atoms with Crippen LogP contribution in [-0.4, -0.2) is 19.3 Å². The summed E-state index contributed by atoms with van der Waals surface area (Å²) in [5, 5.41) is 10.0. The first kappa shape index (κ1) is 9.78. The maximum absolute atomic E-state index is 12.0. The second-order valence-electron chi connectivity index (χ2n) is 2.46. The van der Waals surface area contributed by atoms with Gasteiger partial charge < -0.3 is 4.74 Å². The normalized spacial score (nSPS) is 15.9. The molecule has 0 fully saturated rings. The Kier molecular flexibility index (Phi) is 3.18. The van der Waals surface area contributed by atoms with Crippen molar-refractivity contribution >= 4 is 0 Å². The first-order chi connectivity index (χ1) is 4.39. The predicted molar refractivity (Wildman–Crippen MR) is 31.3 cm³/mol. The fourth-order valence-corrected chi connectivity index (χ4v) is 0.797. The van der Waals surface area contributed by atoms with E-state index in [1.54, 1.807) is 0 Å². The van der Waals surface area contributed by atoms with E-state index in [0.717, 1.165) is 7.11 Å². The average Bonchev–Trinajstić information content (AvgIpc) is 1.60. The molecule has 0 aliphatic carbocycles. The molecule has 4 heteroatoms. The smallest absolute Gasteiger partial charge is 0.372 e. The van der Waals surface area contributed by atoms with Gasteiger partial charge in [0.15, 0.2) is 6.10 Å². The van der Waals surface area contributed by atoms with Gasteiger partial charge in [-0.05, 0) is 5.92 Å². The van der Waals surface area contributed by atoms with E-state index in [0.29, 0.717) is 0 Å². The molecule has 0 saturated heterocycles. The standard InChI is InChI=1S/C6H11F2O2/c1-4(2)5(10-3)6(7,8)9/h4-5H,1-3H3. The van der Waals surface area contributed by atoms with E-state index >= 15 is 0 Å². The SMILES string of the molecule is COC(C(C)C)C([O])(F)F. The van der Waals surface area contributed by atoms with Crippen molar-refractivity contribution in [3.05, 3.63) is 0 Å². The largest absolute Gasteiger partial charge is 0.407 e. The summed E-state index contributed by atoms with van der Waals surface area (Å²) in [6, 6.07) is 0. The molecule has 0 bridgehead atoms. The van der Waals surface area contributed by atoms with Crippen molar-refractivity contribution < 1.29 is 18.6 Å². The second-order valence-corrected chi connectivity index (χ2v) is 2.46. The zero-order chi connectivity index (χ0) is 8.36. The number of methoxy groups -OCH3 is 1. The van der Waals surface area contributed by atoms with Gasteiger partial charge in [0.1, 0.15) is 0 Å². The van der Waals surface area contributed by atoms with Crippen LogP contribution in [-0.2, 0) is 9.84 Å². The Hall–Kier alpha value is -0.220. The highest BCUT2D eigenvalue weighted by Crippen LogP contribution is 2.23. The van der Waals surface area contributed by atoms with Crippen LogP contribution < -0.4 is 0 Å². The third-order valence-electron chi connectivity index (χ3n) is 1.19. The lowest BCUT2D eigenvalue weighted by molar-refractivity contribution is -0.307. The van der Waals surface area contributed by atoms with Crippen LogP contribution in [0.25, 0.3) is 0 Å². The minimum absolute atomic E-state index is 0.461. The van der Waals surface area contributed by atoms with E-state index in [1.165, 1.54) is 13.8 Å². The zero-order valence-corrected chi connectivity index (χ0v) is 6.23. The van der Waals surface area contributed by atoms with E-state index < -0.39 is 18.1 Å². The molecule has 0 aromatic carbocycles. The number of rotatable bonds is 3. The van der Waals surface area contributed by atoms with Crippen molar-refractivity contribution in [1.82, 2.24) is 0 Å². The molecule has 0 amide bonds. The minimum Gasteiger partial charge on any atom is -0.372 e. The van der Waals surface area contributed by atoms with Gasteiger partial charge in [0.05, 0.1) is 0 Å². The molecular formula is C6H11F2O2. The second kappa shape index (κ2) is 3.25. The van der Waals surface area contributed by atoms with Crippen molar-refractivity contribution in [3.8, 4) is 0 Å². The maximum atomic E-state index is 12.0. The van der Waals surface area contributed by atoms with E-state index in [9.17, 15) is 13.9 Å². The predicted octanol–water partition coefficient (Wildman–Crippen LogP) is 1.68. The van der Waals surface area contributed by atoms with Gasteiger partial charge in [-0.15, -0.1) is 0 Å². The monoisotopic (exact) mass is 153 g/mol. The van der Waals surface area contributed by atoms with Crippen LogP contribution in [0.4, 0.5) is 8.78 Å². The van der Waals surface area contributed by atoms with Crippen LogP contribution in [0.15, 0.2) is 0 Å². The van der Waals surface area contributed by atoms with Gasteiger partial charge in [0, 0.05) is 7.11 Å². The van der Waals surface area contributed by atoms with E-state index in [4.69, 9.17) is 0 Å². The molecule has 0 aliphatic rings. The van der Waals surface area contributed by atoms with Gasteiger partial charge >= 0.3 is 6.11 Å². The molecule has 0 saturated carbocycles. The van der Waals surface area contributed by atoms with E-state index in [-0.39, 0.29) is 0 Å². The van der Waals surface area contributed by atoms with Crippen molar-refractivity contribution in [2.45, 2.75) is 26.1 Å². The number of hydrogen-bond acceptors (Lipinski definition) is 1. The maximum Gasteiger partial charge on any atom is 0.407 e. The lowest BCUT2D eigenvalue weighted by atomic mass is 10.1. The van der Waals surface area contributed by atoms with Crippen LogP contribution in [0, 0.1) is 5.92 Å². The van der Waals surface area contributed by atoms with Gasteiger partial charge in [0.25, 0.3) is 0 Å². The van der Waals surface area contributed by atoms with Crippen molar-refractivity contribution in [2.24, 2.45) is 5.92 Å². The molecule has 2 nitrogen and oxygen atoms in total. The molecule has 1 atom stereocenters. The van der Waals surface area contributed by atoms with Crippen LogP contribution in [0.1, 0.15) is 13.8 Å². The highest BCUT2D eigenvalue weighted by atomic mass is 19.3. The molecule has 0 heterocycles. The summed E-state index contributed by atoms with van der Waals surface area (Å²) in [4.78, 5) is 0. The molecule has 10 heavy (non-hydrogen) atoms. The molecule has 1 radical (unpaired) electrons. The van der Waals surface area contributed by atoms with Crippen LogP contribution >= 0.6 is 0 Å². The molecular weight excluding hydrogens is 142 g/mol. The van der Waals surface area contributed by atoms with Crippen molar-refractivity contribution in [1.29, 1.82) is 0 Å². The number of halogens is 2. The molecule has 0 N–H and O–H groups in total. The fourth-order valence-electron chi connectivity index (χ4n) is 0.797. The quantitative estimate of drug-likeness (QED) is 0.606. The van der Waals surface area contributed by atoms with Crippen molar-refractivity contribution in [2.75, 3.05) is 7.11 Å². The van der Waals surface area contributed by atoms with Gasteiger partial charge in [0.2, 0.25) is 0 Å². The minimum atomic E-state index is -3.98.